The maximum atomic E-state index is 11.5. The summed E-state index contributed by atoms with van der Waals surface area (Å²) < 4.78 is 1.64. The highest BCUT2D eigenvalue weighted by Crippen LogP contribution is 2.39. The number of nitro groups is 1. The Balaban J connectivity index is 2.45. The zero-order valence-electron chi connectivity index (χ0n) is 13.2. The Hall–Kier alpha value is -1.63. The molecule has 1 aromatic heterocycles. The third kappa shape index (κ3) is 2.74. The van der Waals surface area contributed by atoms with Gasteiger partial charge in [0.15, 0.2) is 0 Å². The Morgan fingerprint density at radius 1 is 1.52 bits per heavy atom. The van der Waals surface area contributed by atoms with Gasteiger partial charge >= 0.3 is 5.69 Å². The van der Waals surface area contributed by atoms with Gasteiger partial charge in [-0.3, -0.25) is 10.1 Å². The Labute approximate surface area is 125 Å². The van der Waals surface area contributed by atoms with E-state index in [2.05, 4.69) is 5.10 Å². The zero-order valence-corrected chi connectivity index (χ0v) is 13.2. The number of rotatable bonds is 5. The topological polar surface area (TPSA) is 90.2 Å². The molecule has 1 aliphatic rings. The number of nitrogens with two attached hydrogens (primary N) is 1. The molecule has 7 nitrogen and oxygen atoms in total. The van der Waals surface area contributed by atoms with Crippen molar-refractivity contribution in [2.45, 2.75) is 45.1 Å². The van der Waals surface area contributed by atoms with Crippen LogP contribution in [-0.2, 0) is 7.05 Å². The first kappa shape index (κ1) is 15.8. The summed E-state index contributed by atoms with van der Waals surface area (Å²) in [7, 11) is 3.70. The van der Waals surface area contributed by atoms with E-state index < -0.39 is 0 Å². The molecule has 1 saturated carbocycles. The molecule has 21 heavy (non-hydrogen) atoms. The average molecular weight is 295 g/mol. The highest BCUT2D eigenvalue weighted by Gasteiger charge is 2.37. The van der Waals surface area contributed by atoms with Crippen molar-refractivity contribution < 1.29 is 4.92 Å². The third-order valence-corrected chi connectivity index (χ3v) is 4.50. The fourth-order valence-corrected chi connectivity index (χ4v) is 3.44. The minimum atomic E-state index is -0.305. The minimum absolute atomic E-state index is 0.0210. The number of aryl methyl sites for hydroxylation is 1. The van der Waals surface area contributed by atoms with Gasteiger partial charge in [-0.15, -0.1) is 0 Å². The zero-order chi connectivity index (χ0) is 15.7. The van der Waals surface area contributed by atoms with Crippen LogP contribution >= 0.6 is 0 Å². The van der Waals surface area contributed by atoms with Crippen molar-refractivity contribution in [2.75, 3.05) is 18.5 Å². The van der Waals surface area contributed by atoms with E-state index in [4.69, 9.17) is 5.73 Å². The number of nitrogens with zero attached hydrogens (tertiary/aromatic N) is 4. The van der Waals surface area contributed by atoms with Crippen LogP contribution in [0.2, 0.25) is 0 Å². The molecule has 0 spiro atoms. The van der Waals surface area contributed by atoms with Gasteiger partial charge in [-0.05, 0) is 25.3 Å². The van der Waals surface area contributed by atoms with E-state index in [1.54, 1.807) is 11.7 Å². The lowest BCUT2D eigenvalue weighted by atomic mass is 10.0. The molecular weight excluding hydrogens is 270 g/mol. The minimum Gasteiger partial charge on any atom is -0.351 e. The molecule has 0 aromatic carbocycles. The molecule has 2 unspecified atom stereocenters. The molecule has 0 amide bonds. The molecule has 7 heteroatoms. The standard InChI is InChI=1S/C14H25N5O2/c1-9(2)12-13(19(20)21)14(18(4)16-12)17(3)11-7-5-6-10(11)8-15/h9-11H,5-8,15H2,1-4H3. The van der Waals surface area contributed by atoms with E-state index >= 15 is 0 Å². The maximum absolute atomic E-state index is 11.5. The summed E-state index contributed by atoms with van der Waals surface area (Å²) in [4.78, 5) is 13.2. The van der Waals surface area contributed by atoms with Crippen LogP contribution in [-0.4, -0.2) is 34.3 Å². The quantitative estimate of drug-likeness (QED) is 0.663. The monoisotopic (exact) mass is 295 g/mol. The van der Waals surface area contributed by atoms with Gasteiger partial charge in [-0.1, -0.05) is 20.3 Å². The first-order valence-electron chi connectivity index (χ1n) is 7.52. The summed E-state index contributed by atoms with van der Waals surface area (Å²) in [6, 6.07) is 0.254. The van der Waals surface area contributed by atoms with Crippen molar-refractivity contribution in [3.05, 3.63) is 15.8 Å². The van der Waals surface area contributed by atoms with Crippen LogP contribution in [0.15, 0.2) is 0 Å². The molecule has 0 aliphatic heterocycles. The molecule has 0 bridgehead atoms. The molecule has 1 aliphatic carbocycles. The summed E-state index contributed by atoms with van der Waals surface area (Å²) in [6.45, 7) is 4.48. The number of hydrogen-bond donors (Lipinski definition) is 1. The van der Waals surface area contributed by atoms with Gasteiger partial charge in [-0.2, -0.15) is 5.10 Å². The Morgan fingerprint density at radius 3 is 2.71 bits per heavy atom. The van der Waals surface area contributed by atoms with E-state index in [9.17, 15) is 10.1 Å². The average Bonchev–Trinajstić information content (AvgIpc) is 3.01. The molecule has 1 heterocycles. The molecular formula is C14H25N5O2. The lowest BCUT2D eigenvalue weighted by molar-refractivity contribution is -0.385. The smallest absolute Gasteiger partial charge is 0.334 e. The Morgan fingerprint density at radius 2 is 2.19 bits per heavy atom. The second-order valence-electron chi connectivity index (χ2n) is 6.20. The van der Waals surface area contributed by atoms with Crippen molar-refractivity contribution in [1.82, 2.24) is 9.78 Å². The second-order valence-corrected chi connectivity index (χ2v) is 6.20. The van der Waals surface area contributed by atoms with Crippen molar-refractivity contribution in [2.24, 2.45) is 18.7 Å². The number of anilines is 1. The van der Waals surface area contributed by atoms with Crippen molar-refractivity contribution in [1.29, 1.82) is 0 Å². The van der Waals surface area contributed by atoms with Crippen molar-refractivity contribution in [3.8, 4) is 0 Å². The predicted octanol–water partition coefficient (Wildman–Crippen LogP) is 2.02. The molecule has 2 N–H and O–H groups in total. The van der Waals surface area contributed by atoms with Crippen molar-refractivity contribution >= 4 is 11.5 Å². The largest absolute Gasteiger partial charge is 0.351 e. The van der Waals surface area contributed by atoms with Crippen LogP contribution in [0.1, 0.15) is 44.7 Å². The van der Waals surface area contributed by atoms with E-state index in [1.165, 1.54) is 0 Å². The maximum Gasteiger partial charge on any atom is 0.334 e. The van der Waals surface area contributed by atoms with E-state index in [-0.39, 0.29) is 22.6 Å². The fraction of sp³-hybridized carbons (Fsp3) is 0.786. The fourth-order valence-electron chi connectivity index (χ4n) is 3.44. The van der Waals surface area contributed by atoms with Crippen LogP contribution in [0, 0.1) is 16.0 Å². The number of aromatic nitrogens is 2. The number of hydrogen-bond acceptors (Lipinski definition) is 5. The summed E-state index contributed by atoms with van der Waals surface area (Å²) in [5.41, 5.74) is 6.53. The summed E-state index contributed by atoms with van der Waals surface area (Å²) in [5.74, 6) is 1.01. The van der Waals surface area contributed by atoms with Gasteiger partial charge in [0.25, 0.3) is 0 Å². The van der Waals surface area contributed by atoms with E-state index in [0.717, 1.165) is 19.3 Å². The predicted molar refractivity (Wildman–Crippen MR) is 82.5 cm³/mol. The van der Waals surface area contributed by atoms with Crippen LogP contribution in [0.4, 0.5) is 11.5 Å². The lowest BCUT2D eigenvalue weighted by Crippen LogP contribution is -2.39. The van der Waals surface area contributed by atoms with Gasteiger partial charge < -0.3 is 10.6 Å². The van der Waals surface area contributed by atoms with Gasteiger partial charge in [0.05, 0.1) is 4.92 Å². The summed E-state index contributed by atoms with van der Waals surface area (Å²) >= 11 is 0. The van der Waals surface area contributed by atoms with Gasteiger partial charge in [0, 0.05) is 26.1 Å². The summed E-state index contributed by atoms with van der Waals surface area (Å²) in [5, 5.41) is 15.9. The Bertz CT molecular complexity index is 526. The SMILES string of the molecule is CC(C)c1nn(C)c(N(C)C2CCCC2CN)c1[N+](=O)[O-]. The molecule has 1 fully saturated rings. The van der Waals surface area contributed by atoms with Gasteiger partial charge in [0.1, 0.15) is 5.69 Å². The highest BCUT2D eigenvalue weighted by molar-refractivity contribution is 5.62. The molecule has 118 valence electrons. The molecule has 0 saturated heterocycles. The van der Waals surface area contributed by atoms with Crippen LogP contribution in [0.3, 0.4) is 0 Å². The van der Waals surface area contributed by atoms with Gasteiger partial charge in [0.2, 0.25) is 5.82 Å². The molecule has 1 aromatic rings. The lowest BCUT2D eigenvalue weighted by Gasteiger charge is -2.30. The third-order valence-electron chi connectivity index (χ3n) is 4.50. The van der Waals surface area contributed by atoms with Crippen LogP contribution in [0.25, 0.3) is 0 Å². The van der Waals surface area contributed by atoms with Crippen LogP contribution in [0.5, 0.6) is 0 Å². The van der Waals surface area contributed by atoms with E-state index in [0.29, 0.717) is 24.0 Å². The first-order chi connectivity index (χ1) is 9.88. The molecule has 2 atom stereocenters. The normalized spacial score (nSPS) is 22.0. The van der Waals surface area contributed by atoms with Gasteiger partial charge in [-0.25, -0.2) is 4.68 Å². The van der Waals surface area contributed by atoms with Crippen molar-refractivity contribution in [3.63, 3.8) is 0 Å². The second kappa shape index (κ2) is 6.01. The Kier molecular flexibility index (Phi) is 4.51. The molecule has 0 radical (unpaired) electrons. The summed E-state index contributed by atoms with van der Waals surface area (Å²) in [6.07, 6.45) is 3.24. The van der Waals surface area contributed by atoms with Crippen LogP contribution < -0.4 is 10.6 Å². The van der Waals surface area contributed by atoms with E-state index in [1.807, 2.05) is 25.8 Å². The molecule has 2 rings (SSSR count). The first-order valence-corrected chi connectivity index (χ1v) is 7.52. The highest BCUT2D eigenvalue weighted by atomic mass is 16.6.